The molecule has 5 aromatic rings. The van der Waals surface area contributed by atoms with Crippen molar-refractivity contribution < 1.29 is 12.9 Å². The first-order valence-electron chi connectivity index (χ1n) is 9.37. The van der Waals surface area contributed by atoms with E-state index in [4.69, 9.17) is 4.52 Å². The lowest BCUT2D eigenvalue weighted by atomic mass is 10.1. The number of pyridine rings is 1. The second-order valence-electron chi connectivity index (χ2n) is 7.11. The SMILES string of the molecule is Cc1cccn2cc(-c3ccc(NS(=O)(=O)Cc4noc5ccccc45)cc3)nc12. The Morgan fingerprint density at radius 3 is 2.63 bits per heavy atom. The van der Waals surface area contributed by atoms with Crippen molar-refractivity contribution in [1.29, 1.82) is 0 Å². The van der Waals surface area contributed by atoms with Crippen molar-refractivity contribution in [3.63, 3.8) is 0 Å². The summed E-state index contributed by atoms with van der Waals surface area (Å²) in [5.74, 6) is -0.266. The van der Waals surface area contributed by atoms with Gasteiger partial charge in [-0.25, -0.2) is 13.4 Å². The fourth-order valence-corrected chi connectivity index (χ4v) is 4.58. The number of benzene rings is 2. The first-order valence-corrected chi connectivity index (χ1v) is 11.0. The van der Waals surface area contributed by atoms with Crippen LogP contribution in [0.5, 0.6) is 0 Å². The first-order chi connectivity index (χ1) is 14.5. The largest absolute Gasteiger partial charge is 0.356 e. The standard InChI is InChI=1S/C22H18N4O3S/c1-15-5-4-12-26-13-19(23-22(15)26)16-8-10-17(11-9-16)25-30(27,28)14-20-18-6-2-3-7-21(18)29-24-20/h2-13,25H,14H2,1H3. The molecule has 1 N–H and O–H groups in total. The summed E-state index contributed by atoms with van der Waals surface area (Å²) in [5.41, 5.74) is 5.15. The Balaban J connectivity index is 1.36. The molecule has 3 aromatic heterocycles. The zero-order valence-electron chi connectivity index (χ0n) is 16.1. The van der Waals surface area contributed by atoms with Gasteiger partial charge in [-0.2, -0.15) is 0 Å². The Bertz CT molecular complexity index is 1470. The number of rotatable bonds is 5. The van der Waals surface area contributed by atoms with E-state index in [0.29, 0.717) is 22.4 Å². The lowest BCUT2D eigenvalue weighted by Gasteiger charge is -2.07. The van der Waals surface area contributed by atoms with E-state index in [1.165, 1.54) is 0 Å². The van der Waals surface area contributed by atoms with Crippen LogP contribution in [-0.4, -0.2) is 23.0 Å². The van der Waals surface area contributed by atoms with Crippen molar-refractivity contribution in [2.24, 2.45) is 0 Å². The molecule has 30 heavy (non-hydrogen) atoms. The Morgan fingerprint density at radius 1 is 1.03 bits per heavy atom. The highest BCUT2D eigenvalue weighted by Crippen LogP contribution is 2.24. The van der Waals surface area contributed by atoms with Crippen LogP contribution in [0.25, 0.3) is 27.9 Å². The molecule has 5 rings (SSSR count). The molecule has 0 aliphatic rings. The summed E-state index contributed by atoms with van der Waals surface area (Å²) in [6.07, 6.45) is 3.91. The molecule has 0 atom stereocenters. The molecule has 0 saturated carbocycles. The number of anilines is 1. The summed E-state index contributed by atoms with van der Waals surface area (Å²) in [6, 6.07) is 18.3. The summed E-state index contributed by atoms with van der Waals surface area (Å²) in [4.78, 5) is 4.67. The number of aryl methyl sites for hydroxylation is 1. The van der Waals surface area contributed by atoms with Crippen molar-refractivity contribution in [1.82, 2.24) is 14.5 Å². The molecule has 0 amide bonds. The Kier molecular flexibility index (Phi) is 4.29. The molecule has 8 heteroatoms. The van der Waals surface area contributed by atoms with Gasteiger partial charge in [0.25, 0.3) is 0 Å². The second-order valence-corrected chi connectivity index (χ2v) is 8.83. The van der Waals surface area contributed by atoms with E-state index in [1.54, 1.807) is 24.3 Å². The van der Waals surface area contributed by atoms with Crippen molar-refractivity contribution in [3.05, 3.63) is 84.3 Å². The van der Waals surface area contributed by atoms with E-state index in [9.17, 15) is 8.42 Å². The van der Waals surface area contributed by atoms with Crippen LogP contribution in [0, 0.1) is 6.92 Å². The maximum absolute atomic E-state index is 12.6. The fourth-order valence-electron chi connectivity index (χ4n) is 3.44. The lowest BCUT2D eigenvalue weighted by molar-refractivity contribution is 0.448. The average molecular weight is 418 g/mol. The topological polar surface area (TPSA) is 89.5 Å². The summed E-state index contributed by atoms with van der Waals surface area (Å²) in [7, 11) is -3.64. The third kappa shape index (κ3) is 3.42. The Morgan fingerprint density at radius 2 is 1.83 bits per heavy atom. The summed E-state index contributed by atoms with van der Waals surface area (Å²) in [6.45, 7) is 2.02. The van der Waals surface area contributed by atoms with Crippen molar-refractivity contribution in [3.8, 4) is 11.3 Å². The molecule has 0 unspecified atom stereocenters. The van der Waals surface area contributed by atoms with E-state index in [1.807, 2.05) is 60.1 Å². The molecule has 2 aromatic carbocycles. The van der Waals surface area contributed by atoms with Gasteiger partial charge >= 0.3 is 0 Å². The minimum absolute atomic E-state index is 0.266. The van der Waals surface area contributed by atoms with E-state index >= 15 is 0 Å². The molecule has 0 aliphatic heterocycles. The number of fused-ring (bicyclic) bond motifs is 2. The first kappa shape index (κ1) is 18.4. The minimum Gasteiger partial charge on any atom is -0.356 e. The smallest absolute Gasteiger partial charge is 0.238 e. The molecule has 0 spiro atoms. The van der Waals surface area contributed by atoms with Crippen LogP contribution in [0.2, 0.25) is 0 Å². The Hall–Kier alpha value is -3.65. The molecule has 0 saturated heterocycles. The highest BCUT2D eigenvalue weighted by atomic mass is 32.2. The van der Waals surface area contributed by atoms with E-state index in [2.05, 4.69) is 14.9 Å². The molecule has 150 valence electrons. The molecular formula is C22H18N4O3S. The van der Waals surface area contributed by atoms with Crippen molar-refractivity contribution >= 4 is 32.3 Å². The van der Waals surface area contributed by atoms with Gasteiger partial charge in [-0.3, -0.25) is 4.72 Å². The third-order valence-corrected chi connectivity index (χ3v) is 6.11. The van der Waals surface area contributed by atoms with Crippen LogP contribution < -0.4 is 4.72 Å². The second kappa shape index (κ2) is 7.00. The number of nitrogens with zero attached hydrogens (tertiary/aromatic N) is 3. The molecule has 0 radical (unpaired) electrons. The van der Waals surface area contributed by atoms with Gasteiger partial charge in [0.2, 0.25) is 10.0 Å². The van der Waals surface area contributed by atoms with Gasteiger partial charge in [0.15, 0.2) is 5.58 Å². The van der Waals surface area contributed by atoms with Gasteiger partial charge < -0.3 is 8.92 Å². The highest BCUT2D eigenvalue weighted by molar-refractivity contribution is 7.91. The maximum Gasteiger partial charge on any atom is 0.238 e. The van der Waals surface area contributed by atoms with Crippen molar-refractivity contribution in [2.45, 2.75) is 12.7 Å². The van der Waals surface area contributed by atoms with Crippen LogP contribution in [-0.2, 0) is 15.8 Å². The van der Waals surface area contributed by atoms with E-state index < -0.39 is 10.0 Å². The molecule has 3 heterocycles. The molecule has 0 fully saturated rings. The van der Waals surface area contributed by atoms with Gasteiger partial charge in [-0.15, -0.1) is 0 Å². The third-order valence-electron chi connectivity index (χ3n) is 4.91. The van der Waals surface area contributed by atoms with Crippen LogP contribution >= 0.6 is 0 Å². The maximum atomic E-state index is 12.6. The summed E-state index contributed by atoms with van der Waals surface area (Å²) >= 11 is 0. The average Bonchev–Trinajstić information content (AvgIpc) is 3.34. The molecular weight excluding hydrogens is 400 g/mol. The number of hydrogen-bond donors (Lipinski definition) is 1. The zero-order valence-corrected chi connectivity index (χ0v) is 16.9. The fraction of sp³-hybridized carbons (Fsp3) is 0.0909. The minimum atomic E-state index is -3.64. The normalized spacial score (nSPS) is 11.9. The molecule has 7 nitrogen and oxygen atoms in total. The van der Waals surface area contributed by atoms with Gasteiger partial charge in [0.05, 0.1) is 5.69 Å². The summed E-state index contributed by atoms with van der Waals surface area (Å²) in [5, 5.41) is 4.59. The predicted octanol–water partition coefficient (Wildman–Crippen LogP) is 4.39. The number of nitrogens with one attached hydrogen (secondary N) is 1. The quantitative estimate of drug-likeness (QED) is 0.457. The molecule has 0 bridgehead atoms. The Labute approximate surface area is 173 Å². The van der Waals surface area contributed by atoms with Crippen LogP contribution in [0.15, 0.2) is 77.6 Å². The van der Waals surface area contributed by atoms with Crippen LogP contribution in [0.3, 0.4) is 0 Å². The zero-order chi connectivity index (χ0) is 20.7. The van der Waals surface area contributed by atoms with E-state index in [-0.39, 0.29) is 5.75 Å². The lowest BCUT2D eigenvalue weighted by Crippen LogP contribution is -2.15. The van der Waals surface area contributed by atoms with Gasteiger partial charge in [0.1, 0.15) is 17.1 Å². The van der Waals surface area contributed by atoms with Crippen molar-refractivity contribution in [2.75, 3.05) is 4.72 Å². The van der Waals surface area contributed by atoms with Crippen LogP contribution in [0.1, 0.15) is 11.3 Å². The number of sulfonamides is 1. The van der Waals surface area contributed by atoms with E-state index in [0.717, 1.165) is 22.5 Å². The highest BCUT2D eigenvalue weighted by Gasteiger charge is 2.17. The molecule has 0 aliphatic carbocycles. The summed E-state index contributed by atoms with van der Waals surface area (Å²) < 4.78 is 35.0. The predicted molar refractivity (Wildman–Crippen MR) is 116 cm³/mol. The van der Waals surface area contributed by atoms with Gasteiger partial charge in [0, 0.05) is 29.0 Å². The monoisotopic (exact) mass is 418 g/mol. The number of aromatic nitrogens is 3. The number of para-hydroxylation sites is 1. The van der Waals surface area contributed by atoms with Gasteiger partial charge in [-0.1, -0.05) is 35.5 Å². The number of imidazole rings is 1. The van der Waals surface area contributed by atoms with Crippen LogP contribution in [0.4, 0.5) is 5.69 Å². The van der Waals surface area contributed by atoms with Gasteiger partial charge in [-0.05, 0) is 42.8 Å². The number of hydrogen-bond acceptors (Lipinski definition) is 5.